The van der Waals surface area contributed by atoms with E-state index >= 15 is 0 Å². The first-order chi connectivity index (χ1) is 24.1. The van der Waals surface area contributed by atoms with E-state index in [0.717, 1.165) is 25.7 Å². The highest BCUT2D eigenvalue weighted by atomic mass is 32.2. The average molecular weight is 722 g/mol. The van der Waals surface area contributed by atoms with Crippen LogP contribution in [0.1, 0.15) is 78.6 Å². The zero-order valence-corrected chi connectivity index (χ0v) is 30.4. The van der Waals surface area contributed by atoms with Gasteiger partial charge in [0.2, 0.25) is 21.8 Å². The molecule has 1 saturated heterocycles. The number of carbonyl (C=O) groups excluding carboxylic acids is 4. The number of hydrogen-bond acceptors (Lipinski definition) is 8. The Kier molecular flexibility index (Phi) is 10.2. The van der Waals surface area contributed by atoms with Gasteiger partial charge in [0.05, 0.1) is 29.7 Å². The molecule has 0 spiro atoms. The molecule has 3 saturated carbocycles. The molecular weight excluding hydrogens is 674 g/mol. The molecule has 10 nitrogen and oxygen atoms in total. The van der Waals surface area contributed by atoms with Gasteiger partial charge in [-0.2, -0.15) is 0 Å². The summed E-state index contributed by atoms with van der Waals surface area (Å²) in [5.41, 5.74) is -0.116. The lowest BCUT2D eigenvalue weighted by atomic mass is 9.77. The number of allylic oxidation sites excluding steroid dienone is 1. The number of anilines is 1. The lowest BCUT2D eigenvalue weighted by Gasteiger charge is -2.34. The Hall–Kier alpha value is -4.06. The molecule has 2 aromatic carbocycles. The zero-order valence-electron chi connectivity index (χ0n) is 29.6. The van der Waals surface area contributed by atoms with E-state index in [0.29, 0.717) is 29.7 Å². The van der Waals surface area contributed by atoms with Crippen LogP contribution in [0.5, 0.6) is 0 Å². The maximum absolute atomic E-state index is 14.6. The number of nitrogens with one attached hydrogen (secondary N) is 1. The molecule has 4 fully saturated rings. The van der Waals surface area contributed by atoms with Crippen LogP contribution in [0.3, 0.4) is 0 Å². The third kappa shape index (κ3) is 7.90. The van der Waals surface area contributed by atoms with Crippen molar-refractivity contribution in [2.75, 3.05) is 18.1 Å². The summed E-state index contributed by atoms with van der Waals surface area (Å²) in [5.74, 6) is -3.46. The van der Waals surface area contributed by atoms with Crippen LogP contribution >= 0.6 is 0 Å². The summed E-state index contributed by atoms with van der Waals surface area (Å²) in [5, 5.41) is -0.605. The molecule has 2 aromatic rings. The minimum Gasteiger partial charge on any atom is -0.462 e. The van der Waals surface area contributed by atoms with Crippen LogP contribution in [-0.4, -0.2) is 67.5 Å². The normalized spacial score (nSPS) is 24.2. The quantitative estimate of drug-likeness (QED) is 0.204. The predicted octanol–water partition coefficient (Wildman–Crippen LogP) is 5.77. The van der Waals surface area contributed by atoms with E-state index in [1.165, 1.54) is 11.0 Å². The SMILES string of the molecule is C=C[C@@H]1C[C@]1(CC(=O)[C@@H]1CN(c2ccc(-c3ccccc3F)cc2)CN1C(=O)[C@@H](CC(=O)OC1CCCC1)C(C)(C)C)C(=O)NS(=O)(=O)C1CC1. The number of amides is 2. The summed E-state index contributed by atoms with van der Waals surface area (Å²) in [6, 6.07) is 12.7. The highest BCUT2D eigenvalue weighted by molar-refractivity contribution is 7.90. The van der Waals surface area contributed by atoms with Crippen molar-refractivity contribution in [2.45, 2.75) is 96.0 Å². The van der Waals surface area contributed by atoms with Crippen molar-refractivity contribution in [1.29, 1.82) is 0 Å². The second kappa shape index (κ2) is 14.2. The number of ketones is 1. The number of sulfonamides is 1. The largest absolute Gasteiger partial charge is 0.462 e. The van der Waals surface area contributed by atoms with E-state index in [2.05, 4.69) is 11.3 Å². The number of rotatable bonds is 13. The van der Waals surface area contributed by atoms with Crippen molar-refractivity contribution < 1.29 is 36.7 Å². The van der Waals surface area contributed by atoms with Crippen molar-refractivity contribution in [3.8, 4) is 11.1 Å². The number of carbonyl (C=O) groups is 4. The molecule has 0 radical (unpaired) electrons. The second-order valence-electron chi connectivity index (χ2n) is 15.8. The van der Waals surface area contributed by atoms with Crippen LogP contribution in [0.25, 0.3) is 11.1 Å². The van der Waals surface area contributed by atoms with E-state index in [9.17, 15) is 32.0 Å². The van der Waals surface area contributed by atoms with Gasteiger partial charge in [0, 0.05) is 24.2 Å². The molecule has 1 aliphatic heterocycles. The van der Waals surface area contributed by atoms with Crippen LogP contribution in [0.2, 0.25) is 0 Å². The average Bonchev–Trinajstić information content (AvgIpc) is 3.96. The number of nitrogens with zero attached hydrogens (tertiary/aromatic N) is 2. The molecule has 12 heteroatoms. The summed E-state index contributed by atoms with van der Waals surface area (Å²) < 4.78 is 47.9. The van der Waals surface area contributed by atoms with Gasteiger partial charge in [0.15, 0.2) is 5.78 Å². The fourth-order valence-corrected chi connectivity index (χ4v) is 8.94. The topological polar surface area (TPSA) is 130 Å². The van der Waals surface area contributed by atoms with Crippen molar-refractivity contribution in [2.24, 2.45) is 22.7 Å². The predicted molar refractivity (Wildman–Crippen MR) is 191 cm³/mol. The van der Waals surface area contributed by atoms with Gasteiger partial charge in [0.25, 0.3) is 0 Å². The van der Waals surface area contributed by atoms with E-state index < -0.39 is 55.9 Å². The summed E-state index contributed by atoms with van der Waals surface area (Å²) in [7, 11) is -3.84. The lowest BCUT2D eigenvalue weighted by Crippen LogP contribution is -2.49. The number of ether oxygens (including phenoxy) is 1. The molecule has 4 atom stereocenters. The number of Topliss-reactive ketones (excluding diaryl/α,β-unsaturated/α-hetero) is 1. The number of hydrogen-bond donors (Lipinski definition) is 1. The molecule has 3 aliphatic carbocycles. The maximum atomic E-state index is 14.6. The molecule has 274 valence electrons. The standard InChI is InChI=1S/C39H48FN3O7S/c1-5-26-21-39(26,37(47)41-51(48,49)29-18-19-29)22-34(44)33-23-42(27-16-14-25(15-17-27)30-12-8-9-13-32(30)40)24-43(33)36(46)31(38(2,3)4)20-35(45)50-28-10-6-7-11-28/h5,8-9,12-17,26,28-29,31,33H,1,6-7,10-11,18-24H2,2-4H3,(H,41,47)/t26-,31-,33+,39-/m1/s1. The molecular formula is C39H48FN3O7S. The fourth-order valence-electron chi connectivity index (χ4n) is 7.56. The van der Waals surface area contributed by atoms with Crippen molar-refractivity contribution in [1.82, 2.24) is 9.62 Å². The Morgan fingerprint density at radius 2 is 1.71 bits per heavy atom. The van der Waals surface area contributed by atoms with E-state index in [1.807, 2.05) is 37.8 Å². The van der Waals surface area contributed by atoms with E-state index in [4.69, 9.17) is 4.74 Å². The molecule has 4 aliphatic rings. The van der Waals surface area contributed by atoms with Crippen LogP contribution in [0.15, 0.2) is 61.2 Å². The van der Waals surface area contributed by atoms with Gasteiger partial charge in [-0.25, -0.2) is 12.8 Å². The van der Waals surface area contributed by atoms with Gasteiger partial charge in [-0.1, -0.05) is 57.2 Å². The van der Waals surface area contributed by atoms with Crippen LogP contribution < -0.4 is 9.62 Å². The second-order valence-corrected chi connectivity index (χ2v) is 17.7. The molecule has 1 N–H and O–H groups in total. The third-order valence-corrected chi connectivity index (χ3v) is 12.9. The van der Waals surface area contributed by atoms with Crippen molar-refractivity contribution in [3.63, 3.8) is 0 Å². The van der Waals surface area contributed by atoms with E-state index in [1.54, 1.807) is 36.4 Å². The maximum Gasteiger partial charge on any atom is 0.306 e. The van der Waals surface area contributed by atoms with Crippen LogP contribution in [0, 0.1) is 28.5 Å². The third-order valence-electron chi connectivity index (χ3n) is 11.0. The van der Waals surface area contributed by atoms with Gasteiger partial charge < -0.3 is 14.5 Å². The molecule has 1 heterocycles. The Bertz CT molecular complexity index is 1800. The molecule has 0 bridgehead atoms. The first-order valence-corrected chi connectivity index (χ1v) is 19.5. The van der Waals surface area contributed by atoms with E-state index in [-0.39, 0.29) is 56.1 Å². The lowest BCUT2D eigenvalue weighted by molar-refractivity contribution is -0.156. The van der Waals surface area contributed by atoms with Crippen LogP contribution in [-0.2, 0) is 33.9 Å². The molecule has 0 aromatic heterocycles. The molecule has 6 rings (SSSR count). The Balaban J connectivity index is 1.27. The smallest absolute Gasteiger partial charge is 0.306 e. The zero-order chi connectivity index (χ0) is 36.7. The number of esters is 1. The van der Waals surface area contributed by atoms with Gasteiger partial charge in [-0.15, -0.1) is 6.58 Å². The summed E-state index contributed by atoms with van der Waals surface area (Å²) >= 11 is 0. The first-order valence-electron chi connectivity index (χ1n) is 17.9. The Morgan fingerprint density at radius 1 is 1.04 bits per heavy atom. The van der Waals surface area contributed by atoms with Gasteiger partial charge >= 0.3 is 5.97 Å². The Labute approximate surface area is 299 Å². The van der Waals surface area contributed by atoms with Gasteiger partial charge in [-0.3, -0.25) is 23.9 Å². The molecule has 0 unspecified atom stereocenters. The minimum absolute atomic E-state index is 0.0404. The van der Waals surface area contributed by atoms with Crippen molar-refractivity contribution in [3.05, 3.63) is 67.0 Å². The highest BCUT2D eigenvalue weighted by Crippen LogP contribution is 2.57. The minimum atomic E-state index is -3.84. The summed E-state index contributed by atoms with van der Waals surface area (Å²) in [4.78, 5) is 59.0. The van der Waals surface area contributed by atoms with Gasteiger partial charge in [0.1, 0.15) is 18.0 Å². The van der Waals surface area contributed by atoms with Gasteiger partial charge in [-0.05, 0) is 80.0 Å². The summed E-state index contributed by atoms with van der Waals surface area (Å²) in [6.45, 7) is 9.60. The highest BCUT2D eigenvalue weighted by Gasteiger charge is 2.61. The number of benzene rings is 2. The van der Waals surface area contributed by atoms with Crippen molar-refractivity contribution >= 4 is 39.3 Å². The Morgan fingerprint density at radius 3 is 2.29 bits per heavy atom. The number of halogens is 1. The summed E-state index contributed by atoms with van der Waals surface area (Å²) in [6.07, 6.45) is 5.84. The fraction of sp³-hybridized carbons (Fsp3) is 0.538. The molecule has 51 heavy (non-hydrogen) atoms. The van der Waals surface area contributed by atoms with Crippen LogP contribution in [0.4, 0.5) is 10.1 Å². The first kappa shape index (κ1) is 36.7. The monoisotopic (exact) mass is 721 g/mol. The molecule has 2 amide bonds.